The minimum Gasteiger partial charge on any atom is -0.383 e. The molecule has 1 atom stereocenters. The summed E-state index contributed by atoms with van der Waals surface area (Å²) in [7, 11) is 1.78. The number of benzene rings is 1. The predicted molar refractivity (Wildman–Crippen MR) is 83.9 cm³/mol. The smallest absolute Gasteiger partial charge is 0.0657 e. The van der Waals surface area contributed by atoms with Crippen molar-refractivity contribution in [1.29, 1.82) is 0 Å². The lowest BCUT2D eigenvalue weighted by Gasteiger charge is -2.29. The number of nitrogens with one attached hydrogen (secondary N) is 2. The van der Waals surface area contributed by atoms with Crippen LogP contribution in [0, 0.1) is 5.92 Å². The molecule has 2 rings (SSSR count). The maximum absolute atomic E-state index is 5.38. The normalized spacial score (nSPS) is 22.6. The molecule has 0 saturated carbocycles. The molecule has 1 aliphatic rings. The van der Waals surface area contributed by atoms with Gasteiger partial charge in [0.15, 0.2) is 0 Å². The van der Waals surface area contributed by atoms with E-state index in [-0.39, 0.29) is 5.54 Å². The van der Waals surface area contributed by atoms with Crippen LogP contribution in [-0.4, -0.2) is 32.3 Å². The van der Waals surface area contributed by atoms with E-state index in [0.29, 0.717) is 5.92 Å². The summed E-state index contributed by atoms with van der Waals surface area (Å²) in [5.41, 5.74) is 2.88. The van der Waals surface area contributed by atoms with Gasteiger partial charge in [0.1, 0.15) is 0 Å². The van der Waals surface area contributed by atoms with Crippen LogP contribution in [0.1, 0.15) is 31.4 Å². The first-order chi connectivity index (χ1) is 9.63. The van der Waals surface area contributed by atoms with Crippen LogP contribution in [0.5, 0.6) is 0 Å². The molecule has 1 unspecified atom stereocenters. The van der Waals surface area contributed by atoms with E-state index >= 15 is 0 Å². The molecular formula is C17H28N2O. The van der Waals surface area contributed by atoms with E-state index in [4.69, 9.17) is 4.74 Å². The summed E-state index contributed by atoms with van der Waals surface area (Å²) in [6.45, 7) is 8.27. The Morgan fingerprint density at radius 1 is 1.25 bits per heavy atom. The van der Waals surface area contributed by atoms with Gasteiger partial charge in [-0.3, -0.25) is 0 Å². The van der Waals surface area contributed by atoms with Gasteiger partial charge in [0.05, 0.1) is 12.1 Å². The molecule has 1 saturated heterocycles. The van der Waals surface area contributed by atoms with Crippen LogP contribution in [0.4, 0.5) is 0 Å². The molecule has 0 aromatic heterocycles. The van der Waals surface area contributed by atoms with E-state index in [9.17, 15) is 0 Å². The van der Waals surface area contributed by atoms with Crippen LogP contribution < -0.4 is 10.6 Å². The lowest BCUT2D eigenvalue weighted by Crippen LogP contribution is -2.50. The van der Waals surface area contributed by atoms with Crippen molar-refractivity contribution in [2.75, 3.05) is 26.8 Å². The molecule has 1 aromatic carbocycles. The molecule has 0 amide bonds. The fourth-order valence-corrected chi connectivity index (χ4v) is 2.90. The summed E-state index contributed by atoms with van der Waals surface area (Å²) >= 11 is 0. The Morgan fingerprint density at radius 2 is 1.95 bits per heavy atom. The number of rotatable bonds is 7. The number of hydrogen-bond donors (Lipinski definition) is 2. The predicted octanol–water partition coefficient (Wildman–Crippen LogP) is 2.35. The van der Waals surface area contributed by atoms with Crippen LogP contribution in [0.2, 0.25) is 0 Å². The monoisotopic (exact) mass is 276 g/mol. The highest BCUT2D eigenvalue weighted by Gasteiger charge is 2.33. The Labute approximate surface area is 123 Å². The van der Waals surface area contributed by atoms with Gasteiger partial charge in [-0.25, -0.2) is 0 Å². The topological polar surface area (TPSA) is 33.3 Å². The van der Waals surface area contributed by atoms with Crippen molar-refractivity contribution in [3.05, 3.63) is 35.4 Å². The second-order valence-electron chi connectivity index (χ2n) is 6.41. The maximum atomic E-state index is 5.38. The molecule has 2 N–H and O–H groups in total. The zero-order valence-electron chi connectivity index (χ0n) is 13.0. The zero-order chi connectivity index (χ0) is 14.4. The van der Waals surface area contributed by atoms with E-state index in [1.165, 1.54) is 11.1 Å². The van der Waals surface area contributed by atoms with Crippen LogP contribution in [0.15, 0.2) is 24.3 Å². The van der Waals surface area contributed by atoms with Crippen molar-refractivity contribution in [1.82, 2.24) is 10.6 Å². The third-order valence-corrected chi connectivity index (χ3v) is 4.00. The molecular weight excluding hydrogens is 248 g/mol. The second kappa shape index (κ2) is 7.21. The third-order valence-electron chi connectivity index (χ3n) is 4.00. The highest BCUT2D eigenvalue weighted by atomic mass is 16.5. The van der Waals surface area contributed by atoms with E-state index in [0.717, 1.165) is 39.1 Å². The Kier molecular flexibility index (Phi) is 5.58. The summed E-state index contributed by atoms with van der Waals surface area (Å²) in [6, 6.07) is 9.00. The van der Waals surface area contributed by atoms with Crippen molar-refractivity contribution in [3.63, 3.8) is 0 Å². The molecule has 3 heteroatoms. The lowest BCUT2D eigenvalue weighted by atomic mass is 9.98. The van der Waals surface area contributed by atoms with Crippen LogP contribution >= 0.6 is 0 Å². The average molecular weight is 276 g/mol. The van der Waals surface area contributed by atoms with E-state index < -0.39 is 0 Å². The van der Waals surface area contributed by atoms with Crippen molar-refractivity contribution < 1.29 is 4.74 Å². The Balaban J connectivity index is 1.89. The highest BCUT2D eigenvalue weighted by Crippen LogP contribution is 2.16. The van der Waals surface area contributed by atoms with Crippen molar-refractivity contribution in [2.45, 2.75) is 38.8 Å². The van der Waals surface area contributed by atoms with Gasteiger partial charge in [-0.1, -0.05) is 38.1 Å². The highest BCUT2D eigenvalue weighted by molar-refractivity contribution is 5.23. The van der Waals surface area contributed by atoms with Crippen LogP contribution in [0.25, 0.3) is 0 Å². The molecule has 1 aliphatic heterocycles. The molecule has 0 bridgehead atoms. The summed E-state index contributed by atoms with van der Waals surface area (Å²) in [4.78, 5) is 0. The fourth-order valence-electron chi connectivity index (χ4n) is 2.90. The molecule has 0 aliphatic carbocycles. The van der Waals surface area contributed by atoms with Gasteiger partial charge in [0.2, 0.25) is 0 Å². The fraction of sp³-hybridized carbons (Fsp3) is 0.647. The SMILES string of the molecule is COCC1(NCc2ccc(CC(C)C)cc2)CCNC1. The molecule has 1 fully saturated rings. The van der Waals surface area contributed by atoms with Gasteiger partial charge >= 0.3 is 0 Å². The average Bonchev–Trinajstić information content (AvgIpc) is 2.87. The summed E-state index contributed by atoms with van der Waals surface area (Å²) in [6.07, 6.45) is 2.29. The van der Waals surface area contributed by atoms with Crippen molar-refractivity contribution in [3.8, 4) is 0 Å². The minimum absolute atomic E-state index is 0.103. The summed E-state index contributed by atoms with van der Waals surface area (Å²) in [5, 5.41) is 7.11. The Hall–Kier alpha value is -0.900. The van der Waals surface area contributed by atoms with Gasteiger partial charge in [-0.15, -0.1) is 0 Å². The summed E-state index contributed by atoms with van der Waals surface area (Å²) in [5.74, 6) is 0.716. The first-order valence-corrected chi connectivity index (χ1v) is 7.66. The first kappa shape index (κ1) is 15.5. The maximum Gasteiger partial charge on any atom is 0.0657 e. The molecule has 1 heterocycles. The van der Waals surface area contributed by atoms with E-state index in [1.807, 2.05) is 0 Å². The quantitative estimate of drug-likeness (QED) is 0.802. The van der Waals surface area contributed by atoms with Crippen LogP contribution in [-0.2, 0) is 17.7 Å². The van der Waals surface area contributed by atoms with Gasteiger partial charge in [0, 0.05) is 20.2 Å². The largest absolute Gasteiger partial charge is 0.383 e. The Morgan fingerprint density at radius 3 is 2.50 bits per heavy atom. The third kappa shape index (κ3) is 4.30. The van der Waals surface area contributed by atoms with Crippen molar-refractivity contribution in [2.24, 2.45) is 5.92 Å². The standard InChI is InChI=1S/C17H28N2O/c1-14(2)10-15-4-6-16(7-5-15)11-19-17(13-20-3)8-9-18-12-17/h4-7,14,18-19H,8-13H2,1-3H3. The number of methoxy groups -OCH3 is 1. The van der Waals surface area contributed by atoms with Gasteiger partial charge in [-0.2, -0.15) is 0 Å². The first-order valence-electron chi connectivity index (χ1n) is 7.66. The lowest BCUT2D eigenvalue weighted by molar-refractivity contribution is 0.118. The van der Waals surface area contributed by atoms with Gasteiger partial charge < -0.3 is 15.4 Å². The molecule has 112 valence electrons. The number of hydrogen-bond acceptors (Lipinski definition) is 3. The zero-order valence-corrected chi connectivity index (χ0v) is 13.0. The van der Waals surface area contributed by atoms with Gasteiger partial charge in [0.25, 0.3) is 0 Å². The molecule has 3 nitrogen and oxygen atoms in total. The molecule has 20 heavy (non-hydrogen) atoms. The van der Waals surface area contributed by atoms with Crippen molar-refractivity contribution >= 4 is 0 Å². The molecule has 0 spiro atoms. The van der Waals surface area contributed by atoms with E-state index in [1.54, 1.807) is 7.11 Å². The molecule has 0 radical (unpaired) electrons. The number of ether oxygens (including phenoxy) is 1. The minimum atomic E-state index is 0.103. The van der Waals surface area contributed by atoms with E-state index in [2.05, 4.69) is 48.7 Å². The second-order valence-corrected chi connectivity index (χ2v) is 6.41. The van der Waals surface area contributed by atoms with Gasteiger partial charge in [-0.05, 0) is 36.4 Å². The molecule has 1 aromatic rings. The summed E-state index contributed by atoms with van der Waals surface area (Å²) < 4.78 is 5.38. The Bertz CT molecular complexity index is 394. The van der Waals surface area contributed by atoms with Crippen LogP contribution in [0.3, 0.4) is 0 Å².